The van der Waals surface area contributed by atoms with Crippen LogP contribution in [0.5, 0.6) is 0 Å². The Bertz CT molecular complexity index is 503. The molecule has 0 fully saturated rings. The van der Waals surface area contributed by atoms with E-state index in [0.717, 1.165) is 11.3 Å². The van der Waals surface area contributed by atoms with E-state index in [-0.39, 0.29) is 16.6 Å². The van der Waals surface area contributed by atoms with Gasteiger partial charge >= 0.3 is 0 Å². The molecule has 1 heterocycles. The van der Waals surface area contributed by atoms with Crippen molar-refractivity contribution in [3.05, 3.63) is 4.88 Å². The van der Waals surface area contributed by atoms with Crippen molar-refractivity contribution in [3.8, 4) is 0 Å². The number of nitrogens with zero attached hydrogens (tertiary/aromatic N) is 1. The van der Waals surface area contributed by atoms with Crippen LogP contribution in [0.15, 0.2) is 0 Å². The standard InChI is InChI=1S/C12H21N5O3S/c1-6(2)7(10(14)18)16-11(19)8-9(13)17-12(21-8)15-4-5-20-3/h6-7H,4-5,13H2,1-3H3,(H2,14,18)(H,15,17)(H,16,19). The number of nitrogen functional groups attached to an aromatic ring is 1. The summed E-state index contributed by atoms with van der Waals surface area (Å²) in [6, 6.07) is -0.746. The molecule has 0 aromatic carbocycles. The Morgan fingerprint density at radius 1 is 1.43 bits per heavy atom. The van der Waals surface area contributed by atoms with Gasteiger partial charge in [0.15, 0.2) is 5.13 Å². The minimum atomic E-state index is -0.746. The Kier molecular flexibility index (Phi) is 6.38. The quantitative estimate of drug-likeness (QED) is 0.500. The fourth-order valence-corrected chi connectivity index (χ4v) is 2.42. The molecule has 0 aliphatic rings. The third-order valence-corrected chi connectivity index (χ3v) is 3.73. The van der Waals surface area contributed by atoms with Gasteiger partial charge in [0.1, 0.15) is 16.7 Å². The van der Waals surface area contributed by atoms with E-state index in [1.807, 2.05) is 0 Å². The Labute approximate surface area is 127 Å². The van der Waals surface area contributed by atoms with Crippen molar-refractivity contribution >= 4 is 34.1 Å². The van der Waals surface area contributed by atoms with Crippen molar-refractivity contribution in [1.82, 2.24) is 10.3 Å². The molecule has 0 aliphatic heterocycles. The molecule has 0 bridgehead atoms. The molecular weight excluding hydrogens is 294 g/mol. The molecule has 0 spiro atoms. The molecule has 1 rings (SSSR count). The first-order valence-corrected chi connectivity index (χ1v) is 7.27. The molecule has 6 N–H and O–H groups in total. The van der Waals surface area contributed by atoms with Crippen LogP contribution in [-0.2, 0) is 9.53 Å². The summed E-state index contributed by atoms with van der Waals surface area (Å²) in [5.41, 5.74) is 11.0. The molecule has 1 atom stereocenters. The Morgan fingerprint density at radius 3 is 2.62 bits per heavy atom. The molecule has 0 aliphatic carbocycles. The summed E-state index contributed by atoms with van der Waals surface area (Å²) >= 11 is 1.12. The summed E-state index contributed by atoms with van der Waals surface area (Å²) in [5.74, 6) is -1.04. The van der Waals surface area contributed by atoms with Crippen molar-refractivity contribution < 1.29 is 14.3 Å². The lowest BCUT2D eigenvalue weighted by Crippen LogP contribution is -2.47. The molecule has 0 saturated carbocycles. The van der Waals surface area contributed by atoms with Gasteiger partial charge in [0, 0.05) is 13.7 Å². The number of nitrogens with two attached hydrogens (primary N) is 2. The number of thiazole rings is 1. The summed E-state index contributed by atoms with van der Waals surface area (Å²) in [6.45, 7) is 4.66. The van der Waals surface area contributed by atoms with Gasteiger partial charge in [0.2, 0.25) is 5.91 Å². The highest BCUT2D eigenvalue weighted by molar-refractivity contribution is 7.18. The average Bonchev–Trinajstić information content (AvgIpc) is 2.76. The van der Waals surface area contributed by atoms with E-state index in [9.17, 15) is 9.59 Å². The van der Waals surface area contributed by atoms with Crippen molar-refractivity contribution in [1.29, 1.82) is 0 Å². The van der Waals surface area contributed by atoms with Crippen LogP contribution < -0.4 is 22.1 Å². The number of anilines is 2. The first-order valence-electron chi connectivity index (χ1n) is 6.46. The van der Waals surface area contributed by atoms with Crippen LogP contribution in [0, 0.1) is 5.92 Å². The largest absolute Gasteiger partial charge is 0.383 e. The zero-order valence-electron chi connectivity index (χ0n) is 12.3. The second kappa shape index (κ2) is 7.79. The molecule has 1 aromatic heterocycles. The van der Waals surface area contributed by atoms with Gasteiger partial charge < -0.3 is 26.8 Å². The molecule has 1 unspecified atom stereocenters. The van der Waals surface area contributed by atoms with Crippen LogP contribution >= 0.6 is 11.3 Å². The summed E-state index contributed by atoms with van der Waals surface area (Å²) in [7, 11) is 1.59. The highest BCUT2D eigenvalue weighted by Gasteiger charge is 2.25. The van der Waals surface area contributed by atoms with Crippen molar-refractivity contribution in [2.24, 2.45) is 11.7 Å². The normalized spacial score (nSPS) is 12.2. The van der Waals surface area contributed by atoms with Gasteiger partial charge in [-0.15, -0.1) is 0 Å². The van der Waals surface area contributed by atoms with Crippen LogP contribution in [-0.4, -0.2) is 43.1 Å². The lowest BCUT2D eigenvalue weighted by Gasteiger charge is -2.18. The maximum atomic E-state index is 12.1. The molecule has 0 radical (unpaired) electrons. The topological polar surface area (TPSA) is 132 Å². The van der Waals surface area contributed by atoms with Crippen molar-refractivity contribution in [2.75, 3.05) is 31.3 Å². The molecule has 0 saturated heterocycles. The van der Waals surface area contributed by atoms with Gasteiger partial charge in [-0.2, -0.15) is 0 Å². The predicted octanol–water partition coefficient (Wildman–Crippen LogP) is 0.0233. The minimum Gasteiger partial charge on any atom is -0.383 e. The fraction of sp³-hybridized carbons (Fsp3) is 0.583. The third kappa shape index (κ3) is 4.87. The molecule has 21 heavy (non-hydrogen) atoms. The lowest BCUT2D eigenvalue weighted by atomic mass is 10.0. The van der Waals surface area contributed by atoms with Crippen LogP contribution in [0.4, 0.5) is 10.9 Å². The van der Waals surface area contributed by atoms with Crippen LogP contribution in [0.2, 0.25) is 0 Å². The molecule has 9 heteroatoms. The second-order valence-corrected chi connectivity index (χ2v) is 5.75. The van der Waals surface area contributed by atoms with E-state index < -0.39 is 17.9 Å². The summed E-state index contributed by atoms with van der Waals surface area (Å²) < 4.78 is 4.91. The molecule has 8 nitrogen and oxygen atoms in total. The number of ether oxygens (including phenoxy) is 1. The number of rotatable bonds is 8. The van der Waals surface area contributed by atoms with E-state index in [2.05, 4.69) is 15.6 Å². The van der Waals surface area contributed by atoms with Gasteiger partial charge in [-0.3, -0.25) is 9.59 Å². The summed E-state index contributed by atoms with van der Waals surface area (Å²) in [5, 5.41) is 6.09. The maximum Gasteiger partial charge on any atom is 0.265 e. The molecule has 118 valence electrons. The lowest BCUT2D eigenvalue weighted by molar-refractivity contribution is -0.120. The van der Waals surface area contributed by atoms with Gasteiger partial charge in [-0.25, -0.2) is 4.98 Å². The van der Waals surface area contributed by atoms with Crippen LogP contribution in [0.3, 0.4) is 0 Å². The van der Waals surface area contributed by atoms with E-state index in [4.69, 9.17) is 16.2 Å². The van der Waals surface area contributed by atoms with E-state index in [0.29, 0.717) is 18.3 Å². The highest BCUT2D eigenvalue weighted by atomic mass is 32.1. The maximum absolute atomic E-state index is 12.1. The van der Waals surface area contributed by atoms with Gasteiger partial charge in [0.25, 0.3) is 5.91 Å². The molecule has 1 aromatic rings. The number of hydrogen-bond donors (Lipinski definition) is 4. The number of aromatic nitrogens is 1. The van der Waals surface area contributed by atoms with Crippen molar-refractivity contribution in [2.45, 2.75) is 19.9 Å². The first-order chi connectivity index (χ1) is 9.86. The SMILES string of the molecule is COCCNc1nc(N)c(C(=O)NC(C(N)=O)C(C)C)s1. The zero-order chi connectivity index (χ0) is 16.0. The van der Waals surface area contributed by atoms with E-state index >= 15 is 0 Å². The molecular formula is C12H21N5O3S. The first kappa shape index (κ1) is 17.2. The summed E-state index contributed by atoms with van der Waals surface area (Å²) in [6.07, 6.45) is 0. The third-order valence-electron chi connectivity index (χ3n) is 2.70. The fourth-order valence-electron chi connectivity index (χ4n) is 1.60. The number of hydrogen-bond acceptors (Lipinski definition) is 7. The second-order valence-electron chi connectivity index (χ2n) is 4.75. The highest BCUT2D eigenvalue weighted by Crippen LogP contribution is 2.24. The predicted molar refractivity (Wildman–Crippen MR) is 82.2 cm³/mol. The van der Waals surface area contributed by atoms with Crippen LogP contribution in [0.1, 0.15) is 23.5 Å². The van der Waals surface area contributed by atoms with Gasteiger partial charge in [-0.05, 0) is 5.92 Å². The van der Waals surface area contributed by atoms with E-state index in [1.165, 1.54) is 0 Å². The monoisotopic (exact) mass is 315 g/mol. The number of amides is 2. The Morgan fingerprint density at radius 2 is 2.10 bits per heavy atom. The molecule has 2 amide bonds. The summed E-state index contributed by atoms with van der Waals surface area (Å²) in [4.78, 5) is 27.8. The van der Waals surface area contributed by atoms with Crippen molar-refractivity contribution in [3.63, 3.8) is 0 Å². The number of carbonyl (C=O) groups excluding carboxylic acids is 2. The zero-order valence-corrected chi connectivity index (χ0v) is 13.1. The Hall–Kier alpha value is -1.87. The smallest absolute Gasteiger partial charge is 0.265 e. The number of methoxy groups -OCH3 is 1. The number of nitrogens with one attached hydrogen (secondary N) is 2. The Balaban J connectivity index is 2.75. The van der Waals surface area contributed by atoms with Crippen LogP contribution in [0.25, 0.3) is 0 Å². The average molecular weight is 315 g/mol. The van der Waals surface area contributed by atoms with E-state index in [1.54, 1.807) is 21.0 Å². The number of primary amides is 1. The minimum absolute atomic E-state index is 0.111. The number of carbonyl (C=O) groups is 2. The van der Waals surface area contributed by atoms with Gasteiger partial charge in [0.05, 0.1) is 6.61 Å². The van der Waals surface area contributed by atoms with Gasteiger partial charge in [-0.1, -0.05) is 25.2 Å².